The summed E-state index contributed by atoms with van der Waals surface area (Å²) in [6.07, 6.45) is 17.0. The van der Waals surface area contributed by atoms with Gasteiger partial charge in [0.1, 0.15) is 4.90 Å². The lowest BCUT2D eigenvalue weighted by Crippen LogP contribution is -2.23. The lowest BCUT2D eigenvalue weighted by molar-refractivity contribution is -0.137. The highest BCUT2D eigenvalue weighted by molar-refractivity contribution is 7.90. The summed E-state index contributed by atoms with van der Waals surface area (Å²) in [5, 5.41) is 6.46. The minimum atomic E-state index is -4.52. The van der Waals surface area contributed by atoms with Gasteiger partial charge < -0.3 is 24.5 Å². The summed E-state index contributed by atoms with van der Waals surface area (Å²) in [6.45, 7) is 13.1. The van der Waals surface area contributed by atoms with Crippen molar-refractivity contribution in [3.05, 3.63) is 180 Å². The molecule has 4 aromatic carbocycles. The van der Waals surface area contributed by atoms with Crippen LogP contribution in [0.3, 0.4) is 0 Å². The van der Waals surface area contributed by atoms with Gasteiger partial charge in [0.15, 0.2) is 5.65 Å². The van der Waals surface area contributed by atoms with Gasteiger partial charge in [-0.15, -0.1) is 0 Å². The molecule has 0 bridgehead atoms. The number of aryl methyl sites for hydroxylation is 2. The number of hydrogen-bond acceptors (Lipinski definition) is 13. The maximum absolute atomic E-state index is 13.7. The molecule has 5 aliphatic heterocycles. The highest BCUT2D eigenvalue weighted by Gasteiger charge is 2.34. The van der Waals surface area contributed by atoms with Crippen molar-refractivity contribution in [2.75, 3.05) is 96.4 Å². The zero-order chi connectivity index (χ0) is 64.0. The number of rotatable bonds is 12. The van der Waals surface area contributed by atoms with E-state index in [1.165, 1.54) is 31.4 Å². The maximum atomic E-state index is 13.7. The smallest absolute Gasteiger partial charge is 0.371 e. The number of pyridine rings is 1. The number of alkyl halides is 3. The Morgan fingerprint density at radius 2 is 0.967 bits per heavy atom. The molecule has 0 saturated carbocycles. The van der Waals surface area contributed by atoms with E-state index in [-0.39, 0.29) is 15.3 Å². The van der Waals surface area contributed by atoms with E-state index in [2.05, 4.69) is 60.8 Å². The summed E-state index contributed by atoms with van der Waals surface area (Å²) >= 11 is 0. The van der Waals surface area contributed by atoms with Crippen LogP contribution in [-0.2, 0) is 42.8 Å². The third-order valence-corrected chi connectivity index (χ3v) is 23.1. The number of hydrogen-bond donors (Lipinski definition) is 0. The first-order chi connectivity index (χ1) is 43.6. The van der Waals surface area contributed by atoms with Gasteiger partial charge in [-0.2, -0.15) is 18.3 Å². The molecule has 478 valence electrons. The molecule has 0 aliphatic carbocycles. The van der Waals surface area contributed by atoms with Crippen molar-refractivity contribution in [1.82, 2.24) is 41.4 Å². The predicted octanol–water partition coefficient (Wildman–Crippen LogP) is 11.9. The van der Waals surface area contributed by atoms with Crippen molar-refractivity contribution in [2.45, 2.75) is 86.2 Å². The summed E-state index contributed by atoms with van der Waals surface area (Å²) in [5.41, 5.74) is 8.73. The third kappa shape index (κ3) is 12.8. The van der Waals surface area contributed by atoms with Gasteiger partial charge in [0.05, 0.1) is 32.1 Å². The SMILES string of the molecule is CCn1cc(S(=O)(=O)n2cc(C3=CCN(C)CC3)c3ccccc32)c(C)n1.CN1CC=C(c2cn(S(=O)(=O)c3cccc(N4CCCC4)c3)c3ccc(C(F)(F)F)cc23)CC1.CN1CC=C(c2cn(S(=O)(=O)c3cccc(N4CCCC4)c3)c3ncccc23)CC1. The quantitative estimate of drug-likeness (QED) is 0.114. The zero-order valence-corrected chi connectivity index (χ0v) is 54.3. The van der Waals surface area contributed by atoms with Crippen LogP contribution in [0.4, 0.5) is 24.5 Å². The number of nitrogens with zero attached hydrogens (tertiary/aromatic N) is 11. The summed E-state index contributed by atoms with van der Waals surface area (Å²) < 4.78 is 128. The molecule has 0 spiro atoms. The number of fused-ring (bicyclic) bond motifs is 3. The second-order valence-electron chi connectivity index (χ2n) is 24.2. The van der Waals surface area contributed by atoms with Gasteiger partial charge in [-0.1, -0.05) is 48.6 Å². The molecule has 5 aliphatic rings. The standard InChI is InChI=1S/C25H26F3N3O2S.C23H26N4O2S.C20H24N4O2S/c1-29-13-9-18(10-14-29)23-17-31(24-8-7-19(15-22(23)24)25(26,27)28)34(32,33)21-6-4-5-20(16-21)30-11-2-3-12-30;1-25-14-9-18(10-15-25)22-17-27(23-21(22)8-5-11-24-23)30(28,29)20-7-4-6-19(16-20)26-12-2-3-13-26;1-4-23-14-20(15(2)21-23)27(25,26)24-13-18(16-9-11-22(3)12-10-16)17-7-5-6-8-19(17)24/h4-9,15-17H,2-3,10-14H2,1H3;4-9,11,16-17H,2-3,10,12-15H2,1H3;5-9,13-14H,4,10-12H2,1-3H3. The van der Waals surface area contributed by atoms with Crippen LogP contribution >= 0.6 is 0 Å². The maximum Gasteiger partial charge on any atom is 0.416 e. The van der Waals surface area contributed by atoms with Crippen LogP contribution in [0, 0.1) is 6.92 Å². The molecule has 0 amide bonds. The van der Waals surface area contributed by atoms with Crippen LogP contribution in [0.2, 0.25) is 0 Å². The number of anilines is 2. The zero-order valence-electron chi connectivity index (χ0n) is 51.9. The first-order valence-corrected chi connectivity index (χ1v) is 35.4. The fraction of sp³-hybridized carbons (Fsp3) is 0.353. The Morgan fingerprint density at radius 3 is 1.47 bits per heavy atom. The van der Waals surface area contributed by atoms with Crippen LogP contribution < -0.4 is 9.80 Å². The Kier molecular flexibility index (Phi) is 17.9. The van der Waals surface area contributed by atoms with Crippen molar-refractivity contribution in [1.29, 1.82) is 0 Å². The van der Waals surface area contributed by atoms with Crippen LogP contribution in [0.1, 0.15) is 79.8 Å². The average Bonchev–Trinajstić information content (AvgIpc) is 1.67. The van der Waals surface area contributed by atoms with E-state index in [0.29, 0.717) is 52.2 Å². The molecule has 14 rings (SSSR count). The van der Waals surface area contributed by atoms with E-state index in [4.69, 9.17) is 0 Å². The van der Waals surface area contributed by atoms with Crippen LogP contribution in [-0.4, -0.2) is 153 Å². The molecule has 2 saturated heterocycles. The van der Waals surface area contributed by atoms with Crippen molar-refractivity contribution in [3.63, 3.8) is 0 Å². The van der Waals surface area contributed by atoms with E-state index < -0.39 is 41.8 Å². The minimum absolute atomic E-state index is 0.123. The first-order valence-electron chi connectivity index (χ1n) is 31.0. The molecule has 17 nitrogen and oxygen atoms in total. The fourth-order valence-electron chi connectivity index (χ4n) is 12.8. The van der Waals surface area contributed by atoms with Gasteiger partial charge in [0, 0.05) is 147 Å². The average molecular weight is 1300 g/mol. The summed E-state index contributed by atoms with van der Waals surface area (Å²) in [5.74, 6) is 0. The van der Waals surface area contributed by atoms with Gasteiger partial charge in [0.25, 0.3) is 30.1 Å². The largest absolute Gasteiger partial charge is 0.416 e. The molecule has 5 aromatic heterocycles. The number of halogens is 3. The number of para-hydroxylation sites is 1. The van der Waals surface area contributed by atoms with Gasteiger partial charge in [-0.05, 0) is 169 Å². The Morgan fingerprint density at radius 1 is 0.495 bits per heavy atom. The molecule has 10 heterocycles. The molecular formula is C68H76F3N11O6S3. The number of benzene rings is 4. The van der Waals surface area contributed by atoms with Gasteiger partial charge in [-0.25, -0.2) is 42.2 Å². The highest BCUT2D eigenvalue weighted by Crippen LogP contribution is 2.40. The molecule has 23 heteroatoms. The molecule has 2 fully saturated rings. The minimum Gasteiger partial charge on any atom is -0.371 e. The van der Waals surface area contributed by atoms with E-state index in [0.717, 1.165) is 152 Å². The second kappa shape index (κ2) is 25.7. The van der Waals surface area contributed by atoms with Crippen LogP contribution in [0.5, 0.6) is 0 Å². The fourth-order valence-corrected chi connectivity index (χ4v) is 17.1. The summed E-state index contributed by atoms with van der Waals surface area (Å²) in [6, 6.07) is 28.9. The lowest BCUT2D eigenvalue weighted by atomic mass is 9.98. The van der Waals surface area contributed by atoms with Crippen molar-refractivity contribution >= 4 is 91.0 Å². The van der Waals surface area contributed by atoms with Crippen molar-refractivity contribution in [2.24, 2.45) is 0 Å². The molecule has 0 atom stereocenters. The highest BCUT2D eigenvalue weighted by atomic mass is 32.2. The molecular weight excluding hydrogens is 1220 g/mol. The number of likely N-dealkylation sites (N-methyl/N-ethyl adjacent to an activating group) is 3. The second-order valence-corrected chi connectivity index (χ2v) is 29.6. The molecule has 0 radical (unpaired) electrons. The number of aromatic nitrogens is 6. The predicted molar refractivity (Wildman–Crippen MR) is 355 cm³/mol. The molecule has 9 aromatic rings. The van der Waals surface area contributed by atoms with Crippen molar-refractivity contribution < 1.29 is 38.4 Å². The summed E-state index contributed by atoms with van der Waals surface area (Å²) in [7, 11) is -5.34. The normalized spacial score (nSPS) is 17.5. The van der Waals surface area contributed by atoms with Gasteiger partial charge in [0.2, 0.25) is 0 Å². The van der Waals surface area contributed by atoms with E-state index >= 15 is 0 Å². The lowest BCUT2D eigenvalue weighted by Gasteiger charge is -2.21. The van der Waals surface area contributed by atoms with Gasteiger partial charge in [-0.3, -0.25) is 4.68 Å². The molecule has 91 heavy (non-hydrogen) atoms. The Hall–Kier alpha value is -7.80. The third-order valence-electron chi connectivity index (χ3n) is 18.0. The van der Waals surface area contributed by atoms with Crippen LogP contribution in [0.15, 0.2) is 167 Å². The van der Waals surface area contributed by atoms with Gasteiger partial charge >= 0.3 is 6.18 Å². The monoisotopic (exact) mass is 1300 g/mol. The Labute approximate surface area is 530 Å². The molecule has 0 N–H and O–H groups in total. The summed E-state index contributed by atoms with van der Waals surface area (Å²) in [4.78, 5) is 16.1. The van der Waals surface area contributed by atoms with Crippen molar-refractivity contribution in [3.8, 4) is 0 Å². The van der Waals surface area contributed by atoms with Crippen LogP contribution in [0.25, 0.3) is 49.6 Å². The van der Waals surface area contributed by atoms with E-state index in [9.17, 15) is 38.4 Å². The van der Waals surface area contributed by atoms with E-state index in [1.807, 2.05) is 74.6 Å². The Balaban J connectivity index is 0.000000133. The topological polar surface area (TPSA) is 164 Å². The van der Waals surface area contributed by atoms with E-state index in [1.54, 1.807) is 66.7 Å². The first kappa shape index (κ1) is 63.4. The Bertz CT molecular complexity index is 4660. The molecule has 0 unspecified atom stereocenters.